The number of hydrogen-bond donors (Lipinski definition) is 2. The largest absolute Gasteiger partial charge is 0.390 e. The molecule has 0 bridgehead atoms. The first-order chi connectivity index (χ1) is 8.59. The van der Waals surface area contributed by atoms with Crippen molar-refractivity contribution in [3.63, 3.8) is 0 Å². The minimum Gasteiger partial charge on any atom is -0.390 e. The van der Waals surface area contributed by atoms with Crippen LogP contribution >= 0.6 is 39.1 Å². The molecule has 0 radical (unpaired) electrons. The van der Waals surface area contributed by atoms with Gasteiger partial charge in [0, 0.05) is 4.47 Å². The van der Waals surface area contributed by atoms with E-state index < -0.39 is 34.0 Å². The SMILES string of the molecule is O=S(=O)(NCC(F)(F)CO)c1c(Cl)cc(Br)cc1Cl. The summed E-state index contributed by atoms with van der Waals surface area (Å²) in [6.07, 6.45) is 0. The van der Waals surface area contributed by atoms with Crippen molar-refractivity contribution in [2.45, 2.75) is 10.8 Å². The van der Waals surface area contributed by atoms with E-state index in [4.69, 9.17) is 28.3 Å². The zero-order chi connectivity index (χ0) is 14.8. The Hall–Kier alpha value is 0.01000. The zero-order valence-electron chi connectivity index (χ0n) is 9.13. The number of alkyl halides is 2. The molecule has 0 aliphatic heterocycles. The molecule has 0 amide bonds. The van der Waals surface area contributed by atoms with E-state index in [1.165, 1.54) is 12.1 Å². The maximum atomic E-state index is 12.8. The van der Waals surface area contributed by atoms with Gasteiger partial charge in [-0.15, -0.1) is 0 Å². The summed E-state index contributed by atoms with van der Waals surface area (Å²) in [4.78, 5) is -0.493. The maximum Gasteiger partial charge on any atom is 0.283 e. The Bertz CT molecular complexity index is 560. The van der Waals surface area contributed by atoms with Gasteiger partial charge in [0.1, 0.15) is 11.5 Å². The predicted octanol–water partition coefficient (Wildman–Crippen LogP) is 2.66. The highest BCUT2D eigenvalue weighted by Gasteiger charge is 2.31. The van der Waals surface area contributed by atoms with E-state index in [1.807, 2.05) is 0 Å². The number of aliphatic hydroxyl groups excluding tert-OH is 1. The van der Waals surface area contributed by atoms with Gasteiger partial charge in [-0.05, 0) is 12.1 Å². The molecule has 0 aliphatic rings. The average molecular weight is 399 g/mol. The zero-order valence-corrected chi connectivity index (χ0v) is 13.0. The van der Waals surface area contributed by atoms with Crippen molar-refractivity contribution in [3.05, 3.63) is 26.7 Å². The standard InChI is InChI=1S/C9H8BrCl2F2NO3S/c10-5-1-6(11)8(7(12)2-5)19(17,18)15-3-9(13,14)4-16/h1-2,15-16H,3-4H2. The third-order valence-corrected chi connectivity index (χ3v) is 4.76. The van der Waals surface area contributed by atoms with E-state index in [0.29, 0.717) is 4.47 Å². The van der Waals surface area contributed by atoms with Crippen LogP contribution in [0.25, 0.3) is 0 Å². The minimum atomic E-state index is -4.31. The van der Waals surface area contributed by atoms with Crippen LogP contribution in [0.4, 0.5) is 8.78 Å². The van der Waals surface area contributed by atoms with Crippen LogP contribution in [0.5, 0.6) is 0 Å². The highest BCUT2D eigenvalue weighted by atomic mass is 79.9. The molecule has 19 heavy (non-hydrogen) atoms. The van der Waals surface area contributed by atoms with Crippen molar-refractivity contribution in [2.24, 2.45) is 0 Å². The van der Waals surface area contributed by atoms with Crippen molar-refractivity contribution >= 4 is 49.2 Å². The van der Waals surface area contributed by atoms with Crippen molar-refractivity contribution in [1.29, 1.82) is 0 Å². The molecule has 0 heterocycles. The third kappa shape index (κ3) is 4.51. The van der Waals surface area contributed by atoms with Crippen molar-refractivity contribution < 1.29 is 22.3 Å². The Morgan fingerprint density at radius 2 is 1.79 bits per heavy atom. The first kappa shape index (κ1) is 17.1. The molecule has 10 heteroatoms. The topological polar surface area (TPSA) is 66.4 Å². The van der Waals surface area contributed by atoms with Gasteiger partial charge < -0.3 is 5.11 Å². The Kier molecular flexibility index (Phi) is 5.56. The van der Waals surface area contributed by atoms with Crippen LogP contribution in [0.15, 0.2) is 21.5 Å². The Labute approximate surface area is 126 Å². The highest BCUT2D eigenvalue weighted by Crippen LogP contribution is 2.32. The summed E-state index contributed by atoms with van der Waals surface area (Å²) in [5, 5.41) is 7.95. The summed E-state index contributed by atoms with van der Waals surface area (Å²) in [7, 11) is -4.31. The summed E-state index contributed by atoms with van der Waals surface area (Å²) in [5.41, 5.74) is 0. The number of benzene rings is 1. The average Bonchev–Trinajstić information content (AvgIpc) is 2.25. The fourth-order valence-corrected chi connectivity index (χ4v) is 4.11. The number of rotatable bonds is 5. The lowest BCUT2D eigenvalue weighted by Crippen LogP contribution is -2.39. The van der Waals surface area contributed by atoms with Gasteiger partial charge in [-0.2, -0.15) is 0 Å². The lowest BCUT2D eigenvalue weighted by molar-refractivity contribution is -0.0437. The van der Waals surface area contributed by atoms with E-state index >= 15 is 0 Å². The molecule has 0 fully saturated rings. The maximum absolute atomic E-state index is 12.8. The van der Waals surface area contributed by atoms with Crippen molar-refractivity contribution in [3.8, 4) is 0 Å². The fourth-order valence-electron chi connectivity index (χ4n) is 1.11. The van der Waals surface area contributed by atoms with Gasteiger partial charge in [0.15, 0.2) is 0 Å². The van der Waals surface area contributed by atoms with Crippen LogP contribution in [0.1, 0.15) is 0 Å². The lowest BCUT2D eigenvalue weighted by atomic mass is 10.4. The number of hydrogen-bond acceptors (Lipinski definition) is 3. The lowest BCUT2D eigenvalue weighted by Gasteiger charge is -2.15. The fraction of sp³-hybridized carbons (Fsp3) is 0.333. The van der Waals surface area contributed by atoms with Gasteiger partial charge in [-0.3, -0.25) is 0 Å². The van der Waals surface area contributed by atoms with Crippen LogP contribution in [0.3, 0.4) is 0 Å². The van der Waals surface area contributed by atoms with E-state index in [9.17, 15) is 17.2 Å². The number of nitrogens with one attached hydrogen (secondary N) is 1. The third-order valence-electron chi connectivity index (χ3n) is 1.98. The summed E-state index contributed by atoms with van der Waals surface area (Å²) in [5.74, 6) is -3.57. The van der Waals surface area contributed by atoms with Gasteiger partial charge in [-0.25, -0.2) is 21.9 Å². The molecule has 0 aromatic heterocycles. The van der Waals surface area contributed by atoms with Gasteiger partial charge in [-0.1, -0.05) is 39.1 Å². The molecular formula is C9H8BrCl2F2NO3S. The van der Waals surface area contributed by atoms with Gasteiger partial charge in [0.2, 0.25) is 10.0 Å². The Morgan fingerprint density at radius 1 is 1.32 bits per heavy atom. The molecule has 4 nitrogen and oxygen atoms in total. The molecule has 1 rings (SSSR count). The molecule has 1 aromatic carbocycles. The second-order valence-electron chi connectivity index (χ2n) is 3.54. The van der Waals surface area contributed by atoms with E-state index in [2.05, 4.69) is 15.9 Å². The molecule has 0 atom stereocenters. The molecule has 0 saturated heterocycles. The monoisotopic (exact) mass is 397 g/mol. The minimum absolute atomic E-state index is 0.209. The molecule has 0 spiro atoms. The second kappa shape index (κ2) is 6.19. The summed E-state index contributed by atoms with van der Waals surface area (Å²) >= 11 is 14.5. The first-order valence-electron chi connectivity index (χ1n) is 4.72. The molecular weight excluding hydrogens is 391 g/mol. The summed E-state index contributed by atoms with van der Waals surface area (Å²) < 4.78 is 51.4. The predicted molar refractivity (Wildman–Crippen MR) is 71.4 cm³/mol. The van der Waals surface area contributed by atoms with E-state index in [1.54, 1.807) is 4.72 Å². The van der Waals surface area contributed by atoms with Gasteiger partial charge >= 0.3 is 0 Å². The van der Waals surface area contributed by atoms with Crippen LogP contribution in [0.2, 0.25) is 10.0 Å². The molecule has 108 valence electrons. The summed E-state index contributed by atoms with van der Waals surface area (Å²) in [6.45, 7) is -2.73. The van der Waals surface area contributed by atoms with Crippen molar-refractivity contribution in [2.75, 3.05) is 13.2 Å². The molecule has 1 aromatic rings. The highest BCUT2D eigenvalue weighted by molar-refractivity contribution is 9.10. The van der Waals surface area contributed by atoms with Gasteiger partial charge in [0.05, 0.1) is 16.6 Å². The number of halogens is 5. The van der Waals surface area contributed by atoms with E-state index in [0.717, 1.165) is 0 Å². The van der Waals surface area contributed by atoms with Crippen LogP contribution in [-0.4, -0.2) is 32.6 Å². The van der Waals surface area contributed by atoms with Crippen LogP contribution in [0, 0.1) is 0 Å². The molecule has 0 aliphatic carbocycles. The van der Waals surface area contributed by atoms with E-state index in [-0.39, 0.29) is 10.0 Å². The van der Waals surface area contributed by atoms with Crippen molar-refractivity contribution in [1.82, 2.24) is 4.72 Å². The quantitative estimate of drug-likeness (QED) is 0.801. The number of aliphatic hydroxyl groups is 1. The smallest absolute Gasteiger partial charge is 0.283 e. The second-order valence-corrected chi connectivity index (χ2v) is 6.97. The number of sulfonamides is 1. The molecule has 0 unspecified atom stereocenters. The Morgan fingerprint density at radius 3 is 2.21 bits per heavy atom. The normalized spacial score (nSPS) is 12.7. The first-order valence-corrected chi connectivity index (χ1v) is 7.75. The molecule has 2 N–H and O–H groups in total. The van der Waals surface area contributed by atoms with Gasteiger partial charge in [0.25, 0.3) is 5.92 Å². The molecule has 0 saturated carbocycles. The Balaban J connectivity index is 3.09. The summed E-state index contributed by atoms with van der Waals surface area (Å²) in [6, 6.07) is 2.54. The van der Waals surface area contributed by atoms with Crippen LogP contribution < -0.4 is 4.72 Å². The van der Waals surface area contributed by atoms with Crippen LogP contribution in [-0.2, 0) is 10.0 Å².